The summed E-state index contributed by atoms with van der Waals surface area (Å²) in [6, 6.07) is 36.9. The second-order valence-electron chi connectivity index (χ2n) is 10.7. The Morgan fingerprint density at radius 2 is 1.17 bits per heavy atom. The van der Waals surface area contributed by atoms with Crippen molar-refractivity contribution in [3.8, 4) is 0 Å². The Hall–Kier alpha value is -3.29. The van der Waals surface area contributed by atoms with E-state index in [0.717, 1.165) is 68.1 Å². The van der Waals surface area contributed by atoms with E-state index in [-0.39, 0.29) is 46.0 Å². The summed E-state index contributed by atoms with van der Waals surface area (Å²) in [5.41, 5.74) is 3.71. The molecule has 6 rings (SSSR count). The molecular formula is C40H40BrClMgO4. The molecular weight excluding hydrogens is 684 g/mol. The Morgan fingerprint density at radius 1 is 0.702 bits per heavy atom. The van der Waals surface area contributed by atoms with E-state index < -0.39 is 10.8 Å². The van der Waals surface area contributed by atoms with Crippen molar-refractivity contribution in [2.75, 3.05) is 0 Å². The third-order valence-corrected chi connectivity index (χ3v) is 7.74. The zero-order valence-corrected chi connectivity index (χ0v) is 30.5. The molecule has 4 aromatic rings. The summed E-state index contributed by atoms with van der Waals surface area (Å²) in [6.07, 6.45) is 11.4. The quantitative estimate of drug-likeness (QED) is 0.0940. The van der Waals surface area contributed by atoms with Gasteiger partial charge in [0.25, 0.3) is 5.24 Å². The molecule has 0 atom stereocenters. The van der Waals surface area contributed by atoms with Gasteiger partial charge in [0.15, 0.2) is 0 Å². The topological polar surface area (TPSA) is 60.4 Å². The van der Waals surface area contributed by atoms with Crippen molar-refractivity contribution in [3.63, 3.8) is 0 Å². The van der Waals surface area contributed by atoms with Crippen LogP contribution in [0.3, 0.4) is 0 Å². The molecule has 2 fully saturated rings. The normalized spacial score (nSPS) is 13.6. The average Bonchev–Trinajstić information content (AvgIpc) is 3.79. The Balaban J connectivity index is 0.000000366. The van der Waals surface area contributed by atoms with Crippen LogP contribution in [-0.2, 0) is 15.1 Å². The molecule has 0 aromatic heterocycles. The number of Topliss-reactive ketones (excluding diaryl/α,β-unsaturated/α-hetero) is 1. The molecule has 0 amide bonds. The number of benzene rings is 4. The Labute approximate surface area is 311 Å². The summed E-state index contributed by atoms with van der Waals surface area (Å²) >= 11 is 5.23. The molecule has 240 valence electrons. The first kappa shape index (κ1) is 41.7. The Bertz CT molecular complexity index is 1470. The van der Waals surface area contributed by atoms with Crippen LogP contribution in [0.1, 0.15) is 88.8 Å². The summed E-state index contributed by atoms with van der Waals surface area (Å²) in [6.45, 7) is 7.31. The number of esters is 1. The van der Waals surface area contributed by atoms with Crippen LogP contribution in [0.15, 0.2) is 122 Å². The SMILES string of the molecule is C=Cc1ccc(C(=O)Cl)cc1.C=Cc1ccc(C(=O)OC2(c3ccccc3)CCCC2)cc1.O=C1CCCC1.[Br-].[Mg+2].[c-]1ccccc1. The second-order valence-corrected chi connectivity index (χ2v) is 11.0. The number of ether oxygens (including phenoxy) is 1. The van der Waals surface area contributed by atoms with Crippen molar-refractivity contribution in [1.29, 1.82) is 0 Å². The van der Waals surface area contributed by atoms with E-state index >= 15 is 0 Å². The minimum atomic E-state index is -0.463. The fraction of sp³-hybridized carbons (Fsp3) is 0.225. The molecule has 4 nitrogen and oxygen atoms in total. The largest absolute Gasteiger partial charge is 2.00 e. The van der Waals surface area contributed by atoms with Gasteiger partial charge >= 0.3 is 29.0 Å². The van der Waals surface area contributed by atoms with Crippen LogP contribution in [0.2, 0.25) is 0 Å². The first-order valence-corrected chi connectivity index (χ1v) is 15.6. The van der Waals surface area contributed by atoms with Crippen LogP contribution in [0, 0.1) is 6.07 Å². The summed E-state index contributed by atoms with van der Waals surface area (Å²) in [5, 5.41) is -0.430. The zero-order valence-electron chi connectivity index (χ0n) is 26.7. The number of hydrogen-bond acceptors (Lipinski definition) is 4. The van der Waals surface area contributed by atoms with Crippen molar-refractivity contribution >= 4 is 63.8 Å². The minimum Gasteiger partial charge on any atom is -1.00 e. The number of hydrogen-bond donors (Lipinski definition) is 0. The van der Waals surface area contributed by atoms with Crippen molar-refractivity contribution < 1.29 is 36.1 Å². The van der Waals surface area contributed by atoms with Crippen molar-refractivity contribution in [2.24, 2.45) is 0 Å². The predicted molar refractivity (Wildman–Crippen MR) is 190 cm³/mol. The summed E-state index contributed by atoms with van der Waals surface area (Å²) in [4.78, 5) is 33.4. The number of carbonyl (C=O) groups is 3. The van der Waals surface area contributed by atoms with Gasteiger partial charge in [0, 0.05) is 18.4 Å². The van der Waals surface area contributed by atoms with Crippen LogP contribution in [0.4, 0.5) is 0 Å². The van der Waals surface area contributed by atoms with Crippen LogP contribution in [0.25, 0.3) is 12.2 Å². The molecule has 2 aliphatic carbocycles. The smallest absolute Gasteiger partial charge is 1.00 e. The van der Waals surface area contributed by atoms with Gasteiger partial charge in [-0.05, 0) is 91.1 Å². The number of ketones is 1. The van der Waals surface area contributed by atoms with Crippen LogP contribution < -0.4 is 17.0 Å². The third-order valence-electron chi connectivity index (χ3n) is 7.52. The van der Waals surface area contributed by atoms with E-state index in [0.29, 0.717) is 16.9 Å². The van der Waals surface area contributed by atoms with Gasteiger partial charge < -0.3 is 21.7 Å². The third kappa shape index (κ3) is 14.6. The van der Waals surface area contributed by atoms with Crippen molar-refractivity contribution in [2.45, 2.75) is 57.0 Å². The zero-order chi connectivity index (χ0) is 32.3. The first-order valence-electron chi connectivity index (χ1n) is 15.2. The molecule has 0 radical (unpaired) electrons. The molecule has 2 saturated carbocycles. The fourth-order valence-electron chi connectivity index (χ4n) is 4.99. The molecule has 0 heterocycles. The van der Waals surface area contributed by atoms with Gasteiger partial charge in [0.1, 0.15) is 11.4 Å². The molecule has 0 saturated heterocycles. The number of carbonyl (C=O) groups excluding carboxylic acids is 3. The number of rotatable bonds is 6. The Morgan fingerprint density at radius 3 is 1.53 bits per heavy atom. The van der Waals surface area contributed by atoms with E-state index in [1.165, 1.54) is 0 Å². The van der Waals surface area contributed by atoms with Gasteiger partial charge in [-0.2, -0.15) is 36.4 Å². The molecule has 47 heavy (non-hydrogen) atoms. The monoisotopic (exact) mass is 722 g/mol. The molecule has 0 unspecified atom stereocenters. The van der Waals surface area contributed by atoms with Crippen molar-refractivity contribution in [1.82, 2.24) is 0 Å². The summed E-state index contributed by atoms with van der Waals surface area (Å²) < 4.78 is 5.98. The fourth-order valence-corrected chi connectivity index (χ4v) is 5.12. The first-order chi connectivity index (χ1) is 21.9. The molecule has 4 aromatic carbocycles. The standard InChI is InChI=1S/C20H20O2.C9H7ClO.C6H5.C5H8O.BrH.Mg/c1-2-16-10-12-17(13-11-16)19(21)22-20(14-6-7-15-20)18-8-4-3-5-9-18;1-2-7-3-5-8(6-4-7)9(10)11;1-2-4-6-5-3-1;6-5-3-1-2-4-5;;/h2-5,8-13H,1,6-7,14-15H2;2-6H,1H2;1-5H;1-4H2;1H;/q;;-1;;;+2/p-1. The predicted octanol–water partition coefficient (Wildman–Crippen LogP) is 6.90. The van der Waals surface area contributed by atoms with Gasteiger partial charge in [-0.15, -0.1) is 0 Å². The number of halogens is 2. The average molecular weight is 724 g/mol. The van der Waals surface area contributed by atoms with E-state index in [9.17, 15) is 14.4 Å². The summed E-state index contributed by atoms with van der Waals surface area (Å²) in [7, 11) is 0. The van der Waals surface area contributed by atoms with Gasteiger partial charge in [0.05, 0.1) is 5.56 Å². The molecule has 0 aliphatic heterocycles. The molecule has 7 heteroatoms. The molecule has 0 spiro atoms. The van der Waals surface area contributed by atoms with E-state index in [1.54, 1.807) is 48.6 Å². The van der Waals surface area contributed by atoms with Crippen LogP contribution in [0.5, 0.6) is 0 Å². The van der Waals surface area contributed by atoms with E-state index in [4.69, 9.17) is 16.3 Å². The maximum Gasteiger partial charge on any atom is 2.00 e. The van der Waals surface area contributed by atoms with Gasteiger partial charge in [-0.25, -0.2) is 4.79 Å². The van der Waals surface area contributed by atoms with Gasteiger partial charge in [-0.1, -0.05) is 79.9 Å². The maximum atomic E-state index is 12.5. The molecule has 2 aliphatic rings. The van der Waals surface area contributed by atoms with Crippen LogP contribution >= 0.6 is 11.6 Å². The molecule has 0 bridgehead atoms. The molecule has 0 N–H and O–H groups in total. The Kier molecular flexibility index (Phi) is 20.5. The second kappa shape index (κ2) is 23.1. The van der Waals surface area contributed by atoms with Crippen molar-refractivity contribution in [3.05, 3.63) is 156 Å². The van der Waals surface area contributed by atoms with Gasteiger partial charge in [0.2, 0.25) is 0 Å². The summed E-state index contributed by atoms with van der Waals surface area (Å²) in [5.74, 6) is 0.205. The van der Waals surface area contributed by atoms with Crippen LogP contribution in [-0.4, -0.2) is 40.0 Å². The van der Waals surface area contributed by atoms with E-state index in [2.05, 4.69) is 31.4 Å². The van der Waals surface area contributed by atoms with E-state index in [1.807, 2.05) is 60.7 Å². The van der Waals surface area contributed by atoms with Gasteiger partial charge in [-0.3, -0.25) is 9.59 Å². The maximum absolute atomic E-state index is 12.5. The minimum absolute atomic E-state index is 0.